The van der Waals surface area contributed by atoms with Crippen LogP contribution in [0.25, 0.3) is 0 Å². The average molecular weight is 502 g/mol. The van der Waals surface area contributed by atoms with Gasteiger partial charge in [0.25, 0.3) is 5.91 Å². The summed E-state index contributed by atoms with van der Waals surface area (Å²) < 4.78 is 65.7. The van der Waals surface area contributed by atoms with Crippen LogP contribution in [-0.4, -0.2) is 49.7 Å². The molecule has 1 saturated heterocycles. The number of halogens is 6. The van der Waals surface area contributed by atoms with E-state index in [1.807, 2.05) is 0 Å². The van der Waals surface area contributed by atoms with Gasteiger partial charge in [0.1, 0.15) is 0 Å². The lowest BCUT2D eigenvalue weighted by Gasteiger charge is -2.34. The summed E-state index contributed by atoms with van der Waals surface area (Å²) in [7, 11) is -3.87. The number of rotatable bonds is 3. The van der Waals surface area contributed by atoms with E-state index in [-0.39, 0.29) is 51.7 Å². The van der Waals surface area contributed by atoms with Crippen molar-refractivity contribution in [3.8, 4) is 0 Å². The smallest absolute Gasteiger partial charge is 0.336 e. The predicted octanol–water partition coefficient (Wildman–Crippen LogP) is 4.81. The zero-order valence-electron chi connectivity index (χ0n) is 15.1. The number of carbonyl (C=O) groups excluding carboxylic acids is 1. The molecular weight excluding hydrogens is 488 g/mol. The standard InChI is InChI=1S/C18H14Cl3F3N2O3S/c19-13-8-11(7-12(9-13)18(22,23)24)17(27)25-3-5-26(6-4-25)30(28,29)14-1-2-15(20)16(21)10-14/h1-2,7-10H,3-6H2. The second-order valence-corrected chi connectivity index (χ2v) is 9.69. The van der Waals surface area contributed by atoms with Gasteiger partial charge in [-0.1, -0.05) is 34.8 Å². The Balaban J connectivity index is 1.75. The van der Waals surface area contributed by atoms with Crippen molar-refractivity contribution in [1.29, 1.82) is 0 Å². The fourth-order valence-corrected chi connectivity index (χ4v) is 5.02. The molecule has 0 N–H and O–H groups in total. The summed E-state index contributed by atoms with van der Waals surface area (Å²) in [4.78, 5) is 13.9. The molecule has 2 aromatic carbocycles. The van der Waals surface area contributed by atoms with Gasteiger partial charge in [-0.2, -0.15) is 17.5 Å². The van der Waals surface area contributed by atoms with E-state index < -0.39 is 27.7 Å². The van der Waals surface area contributed by atoms with Gasteiger partial charge in [-0.15, -0.1) is 0 Å². The Labute approximate surface area is 186 Å². The van der Waals surface area contributed by atoms with E-state index in [2.05, 4.69) is 0 Å². The Morgan fingerprint density at radius 1 is 0.900 bits per heavy atom. The van der Waals surface area contributed by atoms with Gasteiger partial charge in [-0.3, -0.25) is 4.79 Å². The summed E-state index contributed by atoms with van der Waals surface area (Å²) in [6.45, 7) is -0.0392. The van der Waals surface area contributed by atoms with Gasteiger partial charge in [0.15, 0.2) is 0 Å². The third kappa shape index (κ3) is 4.86. The molecule has 0 unspecified atom stereocenters. The van der Waals surface area contributed by atoms with Gasteiger partial charge in [0.05, 0.1) is 20.5 Å². The van der Waals surface area contributed by atoms with Crippen molar-refractivity contribution in [2.45, 2.75) is 11.1 Å². The van der Waals surface area contributed by atoms with Crippen molar-refractivity contribution in [1.82, 2.24) is 9.21 Å². The van der Waals surface area contributed by atoms with Gasteiger partial charge < -0.3 is 4.90 Å². The molecule has 2 aromatic rings. The lowest BCUT2D eigenvalue weighted by atomic mass is 10.1. The number of alkyl halides is 3. The number of hydrogen-bond acceptors (Lipinski definition) is 3. The molecule has 12 heteroatoms. The highest BCUT2D eigenvalue weighted by molar-refractivity contribution is 7.89. The summed E-state index contributed by atoms with van der Waals surface area (Å²) in [5, 5.41) is 0.0905. The number of benzene rings is 2. The first kappa shape index (κ1) is 23.1. The second kappa shape index (κ2) is 8.55. The summed E-state index contributed by atoms with van der Waals surface area (Å²) in [5.41, 5.74) is -1.24. The summed E-state index contributed by atoms with van der Waals surface area (Å²) in [6.07, 6.45) is -4.65. The number of nitrogens with zero attached hydrogens (tertiary/aromatic N) is 2. The quantitative estimate of drug-likeness (QED) is 0.606. The molecule has 0 bridgehead atoms. The second-order valence-electron chi connectivity index (χ2n) is 6.50. The maximum atomic E-state index is 13.0. The molecular formula is C18H14Cl3F3N2O3S. The molecule has 0 atom stereocenters. The van der Waals surface area contributed by atoms with Gasteiger partial charge in [-0.25, -0.2) is 8.42 Å². The van der Waals surface area contributed by atoms with Crippen molar-refractivity contribution in [3.63, 3.8) is 0 Å². The van der Waals surface area contributed by atoms with E-state index in [0.717, 1.165) is 18.2 Å². The van der Waals surface area contributed by atoms with Crippen molar-refractivity contribution >= 4 is 50.7 Å². The lowest BCUT2D eigenvalue weighted by molar-refractivity contribution is -0.137. The zero-order chi connectivity index (χ0) is 22.3. The van der Waals surface area contributed by atoms with E-state index in [9.17, 15) is 26.4 Å². The maximum Gasteiger partial charge on any atom is 0.416 e. The Morgan fingerprint density at radius 2 is 1.53 bits per heavy atom. The van der Waals surface area contributed by atoms with Crippen molar-refractivity contribution in [3.05, 3.63) is 62.6 Å². The molecule has 5 nitrogen and oxygen atoms in total. The van der Waals surface area contributed by atoms with Gasteiger partial charge in [0.2, 0.25) is 10.0 Å². The Bertz CT molecular complexity index is 1090. The average Bonchev–Trinajstić information content (AvgIpc) is 2.68. The Morgan fingerprint density at radius 3 is 2.10 bits per heavy atom. The van der Waals surface area contributed by atoms with Crippen LogP contribution in [0.5, 0.6) is 0 Å². The molecule has 0 aromatic heterocycles. The van der Waals surface area contributed by atoms with Crippen molar-refractivity contribution in [2.24, 2.45) is 0 Å². The zero-order valence-corrected chi connectivity index (χ0v) is 18.2. The van der Waals surface area contributed by atoms with E-state index >= 15 is 0 Å². The summed E-state index contributed by atoms with van der Waals surface area (Å²) in [6, 6.07) is 6.55. The van der Waals surface area contributed by atoms with Gasteiger partial charge >= 0.3 is 6.18 Å². The fraction of sp³-hybridized carbons (Fsp3) is 0.278. The first-order valence-corrected chi connectivity index (χ1v) is 11.1. The molecule has 3 rings (SSSR count). The molecule has 0 spiro atoms. The SMILES string of the molecule is O=C(c1cc(Cl)cc(C(F)(F)F)c1)N1CCN(S(=O)(=O)c2ccc(Cl)c(Cl)c2)CC1. The molecule has 1 aliphatic heterocycles. The van der Waals surface area contributed by atoms with Gasteiger partial charge in [0, 0.05) is 36.8 Å². The number of piperazine rings is 1. The van der Waals surface area contributed by atoms with E-state index in [1.54, 1.807) is 0 Å². The minimum Gasteiger partial charge on any atom is -0.336 e. The van der Waals surface area contributed by atoms with Crippen LogP contribution in [0.3, 0.4) is 0 Å². The number of hydrogen-bond donors (Lipinski definition) is 0. The number of amides is 1. The highest BCUT2D eigenvalue weighted by Crippen LogP contribution is 2.32. The van der Waals surface area contributed by atoms with Crippen LogP contribution in [0.2, 0.25) is 15.1 Å². The van der Waals surface area contributed by atoms with Gasteiger partial charge in [-0.05, 0) is 36.4 Å². The number of sulfonamides is 1. The van der Waals surface area contributed by atoms with E-state index in [0.29, 0.717) is 0 Å². The molecule has 0 aliphatic carbocycles. The minimum absolute atomic E-state index is 0.00719. The Kier molecular flexibility index (Phi) is 6.60. The van der Waals surface area contributed by atoms with Crippen LogP contribution >= 0.6 is 34.8 Å². The van der Waals surface area contributed by atoms with Crippen LogP contribution in [0.1, 0.15) is 15.9 Å². The molecule has 1 fully saturated rings. The largest absolute Gasteiger partial charge is 0.416 e. The molecule has 0 saturated carbocycles. The molecule has 1 heterocycles. The Hall–Kier alpha value is -1.52. The van der Waals surface area contributed by atoms with Crippen LogP contribution < -0.4 is 0 Å². The van der Waals surface area contributed by atoms with Crippen LogP contribution in [0.15, 0.2) is 41.3 Å². The predicted molar refractivity (Wildman–Crippen MR) is 108 cm³/mol. The third-order valence-corrected chi connectivity index (χ3v) is 7.38. The van der Waals surface area contributed by atoms with E-state index in [4.69, 9.17) is 34.8 Å². The molecule has 162 valence electrons. The molecule has 30 heavy (non-hydrogen) atoms. The fourth-order valence-electron chi connectivity index (χ4n) is 2.98. The first-order chi connectivity index (χ1) is 13.9. The normalized spacial score (nSPS) is 16.0. The summed E-state index contributed by atoms with van der Waals surface area (Å²) >= 11 is 17.4. The topological polar surface area (TPSA) is 57.7 Å². The molecule has 1 amide bonds. The van der Waals surface area contributed by atoms with Crippen LogP contribution in [0.4, 0.5) is 13.2 Å². The van der Waals surface area contributed by atoms with Crippen molar-refractivity contribution in [2.75, 3.05) is 26.2 Å². The van der Waals surface area contributed by atoms with Crippen LogP contribution in [-0.2, 0) is 16.2 Å². The van der Waals surface area contributed by atoms with Crippen molar-refractivity contribution < 1.29 is 26.4 Å². The minimum atomic E-state index is -4.65. The molecule has 1 aliphatic rings. The van der Waals surface area contributed by atoms with Crippen LogP contribution in [0, 0.1) is 0 Å². The molecule has 0 radical (unpaired) electrons. The first-order valence-electron chi connectivity index (χ1n) is 8.52. The monoisotopic (exact) mass is 500 g/mol. The lowest BCUT2D eigenvalue weighted by Crippen LogP contribution is -2.50. The maximum absolute atomic E-state index is 13.0. The highest BCUT2D eigenvalue weighted by atomic mass is 35.5. The third-order valence-electron chi connectivity index (χ3n) is 4.53. The summed E-state index contributed by atoms with van der Waals surface area (Å²) in [5.74, 6) is -0.658. The highest BCUT2D eigenvalue weighted by Gasteiger charge is 2.34. The number of carbonyl (C=O) groups is 1. The van der Waals surface area contributed by atoms with E-state index in [1.165, 1.54) is 27.4 Å².